The molecule has 0 atom stereocenters. The van der Waals surface area contributed by atoms with Gasteiger partial charge in [-0.3, -0.25) is 0 Å². The minimum absolute atomic E-state index is 0.368. The second-order valence-corrected chi connectivity index (χ2v) is 3.84. The van der Waals surface area contributed by atoms with E-state index in [0.29, 0.717) is 5.41 Å². The number of rotatable bonds is 0. The van der Waals surface area contributed by atoms with Gasteiger partial charge in [0.15, 0.2) is 0 Å². The molecule has 0 bridgehead atoms. The van der Waals surface area contributed by atoms with E-state index in [1.54, 1.807) is 0 Å². The van der Waals surface area contributed by atoms with Gasteiger partial charge in [-0.15, -0.1) is 0 Å². The van der Waals surface area contributed by atoms with Crippen LogP contribution in [0.1, 0.15) is 33.6 Å². The summed E-state index contributed by atoms with van der Waals surface area (Å²) in [6.45, 7) is 12.3. The second kappa shape index (κ2) is 2.26. The molecule has 1 rings (SSSR count). The molecule has 0 aromatic carbocycles. The Labute approximate surface area is 63.6 Å². The lowest BCUT2D eigenvalue weighted by Crippen LogP contribution is -2.13. The van der Waals surface area contributed by atoms with Crippen LogP contribution in [-0.2, 0) is 0 Å². The highest BCUT2D eigenvalue weighted by atomic mass is 14.2. The molecule has 1 radical (unpaired) electrons. The fraction of sp³-hybridized carbons (Fsp3) is 0.600. The Kier molecular flexibility index (Phi) is 1.72. The van der Waals surface area contributed by atoms with E-state index in [9.17, 15) is 0 Å². The highest BCUT2D eigenvalue weighted by Gasteiger charge is 2.20. The number of hydrogen-bond acceptors (Lipinski definition) is 0. The highest BCUT2D eigenvalue weighted by molar-refractivity contribution is 5.29. The van der Waals surface area contributed by atoms with E-state index in [4.69, 9.17) is 6.58 Å². The molecule has 0 aromatic rings. The molecule has 0 aromatic heterocycles. The fourth-order valence-corrected chi connectivity index (χ4v) is 1.40. The number of hydrogen-bond donors (Lipinski definition) is 0. The third kappa shape index (κ3) is 1.50. The first kappa shape index (κ1) is 7.59. The van der Waals surface area contributed by atoms with Crippen molar-refractivity contribution in [1.82, 2.24) is 0 Å². The maximum atomic E-state index is 5.75. The second-order valence-electron chi connectivity index (χ2n) is 3.84. The summed E-state index contributed by atoms with van der Waals surface area (Å²) in [4.78, 5) is 0. The molecule has 0 amide bonds. The monoisotopic (exact) mass is 135 g/mol. The zero-order chi connectivity index (χ0) is 7.78. The van der Waals surface area contributed by atoms with Gasteiger partial charge in [-0.25, -0.2) is 0 Å². The Bertz CT molecular complexity index is 182. The summed E-state index contributed by atoms with van der Waals surface area (Å²) < 4.78 is 0. The van der Waals surface area contributed by atoms with E-state index < -0.39 is 0 Å². The maximum absolute atomic E-state index is 5.75. The number of allylic oxidation sites excluding steroid dienone is 3. The van der Waals surface area contributed by atoms with Crippen LogP contribution in [-0.4, -0.2) is 0 Å². The van der Waals surface area contributed by atoms with Crippen molar-refractivity contribution in [3.63, 3.8) is 0 Å². The molecular weight excluding hydrogens is 120 g/mol. The van der Waals surface area contributed by atoms with Crippen molar-refractivity contribution >= 4 is 0 Å². The minimum atomic E-state index is 0.368. The van der Waals surface area contributed by atoms with Crippen LogP contribution in [0.4, 0.5) is 0 Å². The summed E-state index contributed by atoms with van der Waals surface area (Å²) in [5, 5.41) is 0. The van der Waals surface area contributed by atoms with Gasteiger partial charge in [-0.05, 0) is 30.8 Å². The van der Waals surface area contributed by atoms with E-state index in [1.165, 1.54) is 12.0 Å². The highest BCUT2D eigenvalue weighted by Crippen LogP contribution is 2.34. The van der Waals surface area contributed by atoms with E-state index in [2.05, 4.69) is 26.8 Å². The average Bonchev–Trinajstić information content (AvgIpc) is 1.79. The normalized spacial score (nSPS) is 24.3. The Morgan fingerprint density at radius 3 is 2.50 bits per heavy atom. The van der Waals surface area contributed by atoms with Crippen LogP contribution in [0.3, 0.4) is 0 Å². The van der Waals surface area contributed by atoms with Crippen LogP contribution in [0.5, 0.6) is 0 Å². The van der Waals surface area contributed by atoms with Crippen LogP contribution in [0, 0.1) is 12.0 Å². The summed E-state index contributed by atoms with van der Waals surface area (Å²) in [7, 11) is 0. The van der Waals surface area contributed by atoms with Crippen LogP contribution in [0.15, 0.2) is 17.2 Å². The molecule has 0 heterocycles. The zero-order valence-electron chi connectivity index (χ0n) is 7.07. The van der Waals surface area contributed by atoms with E-state index in [-0.39, 0.29) is 0 Å². The summed E-state index contributed by atoms with van der Waals surface area (Å²) in [6.07, 6.45) is 4.53. The molecule has 0 saturated carbocycles. The van der Waals surface area contributed by atoms with E-state index in [1.807, 2.05) is 0 Å². The van der Waals surface area contributed by atoms with E-state index >= 15 is 0 Å². The van der Waals surface area contributed by atoms with Crippen molar-refractivity contribution < 1.29 is 0 Å². The van der Waals surface area contributed by atoms with Crippen LogP contribution >= 0.6 is 0 Å². The van der Waals surface area contributed by atoms with Gasteiger partial charge in [-0.2, -0.15) is 0 Å². The Balaban J connectivity index is 2.86. The lowest BCUT2D eigenvalue weighted by atomic mass is 9.78. The summed E-state index contributed by atoms with van der Waals surface area (Å²) in [5.41, 5.74) is 2.71. The molecule has 0 fully saturated rings. The van der Waals surface area contributed by atoms with Crippen molar-refractivity contribution in [3.8, 4) is 0 Å². The molecule has 0 aliphatic heterocycles. The van der Waals surface area contributed by atoms with Gasteiger partial charge in [0.1, 0.15) is 0 Å². The fourth-order valence-electron chi connectivity index (χ4n) is 1.40. The summed E-state index contributed by atoms with van der Waals surface area (Å²) >= 11 is 0. The largest absolute Gasteiger partial charge is 0.0756 e. The predicted octanol–water partition coefficient (Wildman–Crippen LogP) is 3.11. The predicted molar refractivity (Wildman–Crippen MR) is 44.6 cm³/mol. The summed E-state index contributed by atoms with van der Waals surface area (Å²) in [5.74, 6) is 0. The molecule has 0 unspecified atom stereocenters. The van der Waals surface area contributed by atoms with Crippen molar-refractivity contribution in [2.24, 2.45) is 5.41 Å². The molecule has 0 nitrogen and oxygen atoms in total. The minimum Gasteiger partial charge on any atom is -0.0756 e. The molecule has 0 saturated heterocycles. The van der Waals surface area contributed by atoms with Crippen molar-refractivity contribution in [2.45, 2.75) is 33.6 Å². The van der Waals surface area contributed by atoms with E-state index in [0.717, 1.165) is 12.0 Å². The molecule has 0 heteroatoms. The quantitative estimate of drug-likeness (QED) is 0.478. The maximum Gasteiger partial charge on any atom is -0.0166 e. The standard InChI is InChI=1S/C10H15/c1-8-5-6-10(3,4)7-9(8)2/h1,7H,5-6H2,2-4H3. The first-order valence-corrected chi connectivity index (χ1v) is 3.82. The SMILES string of the molecule is [CH]=C1CCC(C)(C)C=C1C. The van der Waals surface area contributed by atoms with Gasteiger partial charge in [0.25, 0.3) is 0 Å². The Morgan fingerprint density at radius 2 is 2.10 bits per heavy atom. The molecule has 10 heavy (non-hydrogen) atoms. The van der Waals surface area contributed by atoms with Crippen LogP contribution in [0.2, 0.25) is 0 Å². The first-order chi connectivity index (χ1) is 4.51. The van der Waals surface area contributed by atoms with Gasteiger partial charge >= 0.3 is 0 Å². The summed E-state index contributed by atoms with van der Waals surface area (Å²) in [6, 6.07) is 0. The van der Waals surface area contributed by atoms with Gasteiger partial charge in [-0.1, -0.05) is 32.1 Å². The van der Waals surface area contributed by atoms with Crippen LogP contribution in [0.25, 0.3) is 0 Å². The molecular formula is C10H15. The first-order valence-electron chi connectivity index (χ1n) is 3.82. The van der Waals surface area contributed by atoms with Gasteiger partial charge in [0.05, 0.1) is 0 Å². The Morgan fingerprint density at radius 1 is 1.50 bits per heavy atom. The molecule has 1 aliphatic carbocycles. The Hall–Kier alpha value is -0.520. The lowest BCUT2D eigenvalue weighted by Gasteiger charge is -2.27. The van der Waals surface area contributed by atoms with Gasteiger partial charge in [0, 0.05) is 0 Å². The third-order valence-electron chi connectivity index (χ3n) is 2.15. The van der Waals surface area contributed by atoms with Crippen molar-refractivity contribution in [1.29, 1.82) is 0 Å². The van der Waals surface area contributed by atoms with Crippen molar-refractivity contribution in [2.75, 3.05) is 0 Å². The van der Waals surface area contributed by atoms with Gasteiger partial charge < -0.3 is 0 Å². The zero-order valence-corrected chi connectivity index (χ0v) is 7.07. The van der Waals surface area contributed by atoms with Crippen molar-refractivity contribution in [3.05, 3.63) is 23.8 Å². The molecule has 0 spiro atoms. The van der Waals surface area contributed by atoms with Gasteiger partial charge in [0.2, 0.25) is 0 Å². The molecule has 55 valence electrons. The molecule has 1 aliphatic rings. The topological polar surface area (TPSA) is 0 Å². The third-order valence-corrected chi connectivity index (χ3v) is 2.15. The average molecular weight is 135 g/mol. The molecule has 0 N–H and O–H groups in total. The lowest BCUT2D eigenvalue weighted by molar-refractivity contribution is 0.422. The smallest absolute Gasteiger partial charge is 0.0166 e. The van der Waals surface area contributed by atoms with Crippen LogP contribution < -0.4 is 0 Å².